The van der Waals surface area contributed by atoms with E-state index in [2.05, 4.69) is 15.0 Å². The van der Waals surface area contributed by atoms with Gasteiger partial charge in [0, 0.05) is 6.07 Å². The van der Waals surface area contributed by atoms with Crippen molar-refractivity contribution in [2.24, 2.45) is 0 Å². The molecule has 0 aliphatic rings. The SMILES string of the molecule is COc1ccc(-c2nc3c([N+](=O)[O-])cncc3[nH]2)c(OC)c1. The summed E-state index contributed by atoms with van der Waals surface area (Å²) in [6.07, 6.45) is 2.67. The fraction of sp³-hybridized carbons (Fsp3) is 0.143. The minimum atomic E-state index is -0.509. The van der Waals surface area contributed by atoms with Crippen LogP contribution in [0.15, 0.2) is 30.6 Å². The topological polar surface area (TPSA) is 103 Å². The van der Waals surface area contributed by atoms with Gasteiger partial charge >= 0.3 is 5.69 Å². The molecule has 0 spiro atoms. The quantitative estimate of drug-likeness (QED) is 0.586. The molecule has 8 heteroatoms. The van der Waals surface area contributed by atoms with Crippen LogP contribution in [0.1, 0.15) is 0 Å². The van der Waals surface area contributed by atoms with Crippen LogP contribution in [0.25, 0.3) is 22.4 Å². The van der Waals surface area contributed by atoms with Crippen LogP contribution in [-0.2, 0) is 0 Å². The number of imidazole rings is 1. The highest BCUT2D eigenvalue weighted by molar-refractivity contribution is 5.87. The van der Waals surface area contributed by atoms with E-state index in [0.717, 1.165) is 0 Å². The molecule has 0 aliphatic heterocycles. The van der Waals surface area contributed by atoms with Crippen LogP contribution < -0.4 is 9.47 Å². The Kier molecular flexibility index (Phi) is 3.34. The van der Waals surface area contributed by atoms with Crippen LogP contribution >= 0.6 is 0 Å². The van der Waals surface area contributed by atoms with Gasteiger partial charge in [0.25, 0.3) is 0 Å². The molecule has 3 rings (SSSR count). The number of hydrogen-bond donors (Lipinski definition) is 1. The van der Waals surface area contributed by atoms with Crippen molar-refractivity contribution >= 4 is 16.7 Å². The maximum absolute atomic E-state index is 11.0. The van der Waals surface area contributed by atoms with Gasteiger partial charge in [0.2, 0.25) is 0 Å². The van der Waals surface area contributed by atoms with Gasteiger partial charge in [-0.1, -0.05) is 0 Å². The van der Waals surface area contributed by atoms with Crippen LogP contribution in [0, 0.1) is 10.1 Å². The Hall–Kier alpha value is -3.16. The zero-order valence-electron chi connectivity index (χ0n) is 11.9. The molecule has 0 aliphatic carbocycles. The van der Waals surface area contributed by atoms with Gasteiger partial charge in [-0.3, -0.25) is 15.1 Å². The molecule has 22 heavy (non-hydrogen) atoms. The van der Waals surface area contributed by atoms with Crippen LogP contribution in [0.4, 0.5) is 5.69 Å². The first kappa shape index (κ1) is 13.8. The number of aromatic amines is 1. The molecular weight excluding hydrogens is 288 g/mol. The molecule has 0 unspecified atom stereocenters. The minimum Gasteiger partial charge on any atom is -0.497 e. The second kappa shape index (κ2) is 5.32. The summed E-state index contributed by atoms with van der Waals surface area (Å²) in [7, 11) is 3.09. The number of nitro groups is 1. The van der Waals surface area contributed by atoms with Gasteiger partial charge in [0.15, 0.2) is 5.52 Å². The van der Waals surface area contributed by atoms with Crippen molar-refractivity contribution in [2.45, 2.75) is 0 Å². The second-order valence-electron chi connectivity index (χ2n) is 4.46. The molecule has 3 aromatic rings. The Labute approximate surface area is 124 Å². The summed E-state index contributed by atoms with van der Waals surface area (Å²) >= 11 is 0. The summed E-state index contributed by atoms with van der Waals surface area (Å²) < 4.78 is 10.5. The molecule has 1 aromatic carbocycles. The molecule has 8 nitrogen and oxygen atoms in total. The van der Waals surface area contributed by atoms with Crippen molar-refractivity contribution in [1.29, 1.82) is 0 Å². The lowest BCUT2D eigenvalue weighted by Gasteiger charge is -2.08. The first-order valence-corrected chi connectivity index (χ1v) is 6.34. The highest BCUT2D eigenvalue weighted by Crippen LogP contribution is 2.33. The Bertz CT molecular complexity index is 859. The van der Waals surface area contributed by atoms with Crippen LogP contribution in [-0.4, -0.2) is 34.1 Å². The monoisotopic (exact) mass is 300 g/mol. The van der Waals surface area contributed by atoms with Crippen molar-refractivity contribution in [2.75, 3.05) is 14.2 Å². The molecule has 2 heterocycles. The number of aromatic nitrogens is 3. The molecule has 2 aromatic heterocycles. The fourth-order valence-corrected chi connectivity index (χ4v) is 2.17. The molecule has 0 saturated carbocycles. The van der Waals surface area contributed by atoms with Crippen LogP contribution in [0.5, 0.6) is 11.5 Å². The Morgan fingerprint density at radius 1 is 1.23 bits per heavy atom. The molecule has 0 saturated heterocycles. The lowest BCUT2D eigenvalue weighted by Crippen LogP contribution is -1.91. The van der Waals surface area contributed by atoms with Crippen molar-refractivity contribution in [3.05, 3.63) is 40.7 Å². The number of fused-ring (bicyclic) bond motifs is 1. The standard InChI is InChI=1S/C14H12N4O4/c1-21-8-3-4-9(12(5-8)22-2)14-16-10-6-15-7-11(18(19)20)13(10)17-14/h3-7H,1-2H3,(H,16,17). The summed E-state index contributed by atoms with van der Waals surface area (Å²) in [5.41, 5.74) is 1.27. The van der Waals surface area contributed by atoms with Gasteiger partial charge in [-0.2, -0.15) is 0 Å². The van der Waals surface area contributed by atoms with Crippen LogP contribution in [0.3, 0.4) is 0 Å². The van der Waals surface area contributed by atoms with Gasteiger partial charge in [-0.15, -0.1) is 0 Å². The van der Waals surface area contributed by atoms with Crippen molar-refractivity contribution in [3.8, 4) is 22.9 Å². The predicted octanol–water partition coefficient (Wildman–Crippen LogP) is 2.55. The lowest BCUT2D eigenvalue weighted by molar-refractivity contribution is -0.383. The zero-order chi connectivity index (χ0) is 15.7. The third-order valence-electron chi connectivity index (χ3n) is 3.24. The van der Waals surface area contributed by atoms with Gasteiger partial charge in [-0.25, -0.2) is 4.98 Å². The number of methoxy groups -OCH3 is 2. The van der Waals surface area contributed by atoms with Gasteiger partial charge in [0.05, 0.1) is 36.4 Å². The van der Waals surface area contributed by atoms with E-state index >= 15 is 0 Å². The van der Waals surface area contributed by atoms with E-state index in [4.69, 9.17) is 9.47 Å². The van der Waals surface area contributed by atoms with E-state index in [1.165, 1.54) is 19.5 Å². The minimum absolute atomic E-state index is 0.146. The average Bonchev–Trinajstić information content (AvgIpc) is 2.97. The number of nitrogens with one attached hydrogen (secondary N) is 1. The lowest BCUT2D eigenvalue weighted by atomic mass is 10.2. The molecule has 0 bridgehead atoms. The number of rotatable bonds is 4. The van der Waals surface area contributed by atoms with E-state index in [0.29, 0.717) is 28.4 Å². The van der Waals surface area contributed by atoms with E-state index in [1.807, 2.05) is 0 Å². The fourth-order valence-electron chi connectivity index (χ4n) is 2.17. The maximum Gasteiger partial charge on any atom is 0.315 e. The van der Waals surface area contributed by atoms with Crippen molar-refractivity contribution < 1.29 is 14.4 Å². The van der Waals surface area contributed by atoms with E-state index in [9.17, 15) is 10.1 Å². The Morgan fingerprint density at radius 3 is 2.73 bits per heavy atom. The summed E-state index contributed by atoms with van der Waals surface area (Å²) in [6, 6.07) is 5.25. The molecule has 1 N–H and O–H groups in total. The number of pyridine rings is 1. The average molecular weight is 300 g/mol. The first-order chi connectivity index (χ1) is 10.6. The molecular formula is C14H12N4O4. The van der Waals surface area contributed by atoms with Crippen molar-refractivity contribution in [3.63, 3.8) is 0 Å². The van der Waals surface area contributed by atoms with E-state index in [-0.39, 0.29) is 11.2 Å². The third kappa shape index (κ3) is 2.20. The normalized spacial score (nSPS) is 10.6. The van der Waals surface area contributed by atoms with E-state index < -0.39 is 4.92 Å². The summed E-state index contributed by atoms with van der Waals surface area (Å²) in [4.78, 5) is 21.7. The van der Waals surface area contributed by atoms with Gasteiger partial charge in [0.1, 0.15) is 23.5 Å². The number of ether oxygens (including phenoxy) is 2. The van der Waals surface area contributed by atoms with Gasteiger partial charge in [-0.05, 0) is 12.1 Å². The van der Waals surface area contributed by atoms with Crippen molar-refractivity contribution in [1.82, 2.24) is 15.0 Å². The smallest absolute Gasteiger partial charge is 0.315 e. The summed E-state index contributed by atoms with van der Waals surface area (Å²) in [6.45, 7) is 0. The van der Waals surface area contributed by atoms with Gasteiger partial charge < -0.3 is 14.5 Å². The number of nitrogens with zero attached hydrogens (tertiary/aromatic N) is 3. The summed E-state index contributed by atoms with van der Waals surface area (Å²) in [5.74, 6) is 1.66. The molecule has 0 atom stereocenters. The second-order valence-corrected chi connectivity index (χ2v) is 4.46. The maximum atomic E-state index is 11.0. The zero-order valence-corrected chi connectivity index (χ0v) is 11.9. The largest absolute Gasteiger partial charge is 0.497 e. The number of H-pyrrole nitrogens is 1. The van der Waals surface area contributed by atoms with E-state index in [1.54, 1.807) is 25.3 Å². The summed E-state index contributed by atoms with van der Waals surface area (Å²) in [5, 5.41) is 11.0. The van der Waals surface area contributed by atoms with Crippen LogP contribution in [0.2, 0.25) is 0 Å². The highest BCUT2D eigenvalue weighted by atomic mass is 16.6. The predicted molar refractivity (Wildman–Crippen MR) is 79.1 cm³/mol. The third-order valence-corrected chi connectivity index (χ3v) is 3.24. The molecule has 0 radical (unpaired) electrons. The molecule has 112 valence electrons. The Morgan fingerprint density at radius 2 is 2.05 bits per heavy atom. The Balaban J connectivity index is 2.19. The molecule has 0 amide bonds. The molecule has 0 fully saturated rings. The number of hydrogen-bond acceptors (Lipinski definition) is 6. The highest BCUT2D eigenvalue weighted by Gasteiger charge is 2.18. The first-order valence-electron chi connectivity index (χ1n) is 6.34. The number of benzene rings is 1.